The first-order valence-electron chi connectivity index (χ1n) is 7.44. The van der Waals surface area contributed by atoms with Gasteiger partial charge in [0.15, 0.2) is 0 Å². The molecule has 0 fully saturated rings. The van der Waals surface area contributed by atoms with Gasteiger partial charge in [-0.25, -0.2) is 12.8 Å². The lowest BCUT2D eigenvalue weighted by Gasteiger charge is -2.10. The van der Waals surface area contributed by atoms with E-state index < -0.39 is 15.8 Å². The molecule has 1 N–H and O–H groups in total. The summed E-state index contributed by atoms with van der Waals surface area (Å²) in [6.45, 7) is 0.265. The number of nitrogens with one attached hydrogen (secondary N) is 1. The Morgan fingerprint density at radius 3 is 2.60 bits per heavy atom. The molecule has 3 aromatic rings. The molecule has 0 bridgehead atoms. The molecule has 0 spiro atoms. The fourth-order valence-corrected chi connectivity index (χ4v) is 3.22. The molecule has 0 aliphatic carbocycles. The second kappa shape index (κ2) is 7.31. The van der Waals surface area contributed by atoms with Crippen LogP contribution < -0.4 is 9.46 Å². The molecule has 25 heavy (non-hydrogen) atoms. The van der Waals surface area contributed by atoms with Crippen LogP contribution in [0.2, 0.25) is 0 Å². The molecule has 5 nitrogen and oxygen atoms in total. The Labute approximate surface area is 145 Å². The Morgan fingerprint density at radius 1 is 1.00 bits per heavy atom. The van der Waals surface area contributed by atoms with Gasteiger partial charge in [0.1, 0.15) is 18.2 Å². The van der Waals surface area contributed by atoms with E-state index >= 15 is 0 Å². The molecule has 7 heteroatoms. The van der Waals surface area contributed by atoms with Crippen LogP contribution in [-0.2, 0) is 16.6 Å². The van der Waals surface area contributed by atoms with Crippen LogP contribution in [0.25, 0.3) is 0 Å². The number of nitrogens with zero attached hydrogens (tertiary/aromatic N) is 1. The zero-order valence-electron chi connectivity index (χ0n) is 13.1. The highest BCUT2D eigenvalue weighted by Gasteiger charge is 2.15. The zero-order chi connectivity index (χ0) is 17.7. The average molecular weight is 358 g/mol. The van der Waals surface area contributed by atoms with Crippen molar-refractivity contribution in [3.63, 3.8) is 0 Å². The Morgan fingerprint density at radius 2 is 1.84 bits per heavy atom. The van der Waals surface area contributed by atoms with Crippen LogP contribution in [0.3, 0.4) is 0 Å². The van der Waals surface area contributed by atoms with Gasteiger partial charge in [-0.1, -0.05) is 18.2 Å². The van der Waals surface area contributed by atoms with E-state index in [0.29, 0.717) is 11.4 Å². The van der Waals surface area contributed by atoms with Gasteiger partial charge in [-0.15, -0.1) is 0 Å². The summed E-state index contributed by atoms with van der Waals surface area (Å²) in [5.74, 6) is -0.125. The number of rotatable bonds is 6. The Kier molecular flexibility index (Phi) is 4.95. The Hall–Kier alpha value is -2.93. The first-order valence-corrected chi connectivity index (χ1v) is 8.92. The first kappa shape index (κ1) is 16.9. The van der Waals surface area contributed by atoms with E-state index in [1.807, 2.05) is 18.2 Å². The van der Waals surface area contributed by atoms with Crippen LogP contribution in [-0.4, -0.2) is 13.4 Å². The predicted octanol–water partition coefficient (Wildman–Crippen LogP) is 3.60. The summed E-state index contributed by atoms with van der Waals surface area (Å²) < 4.78 is 45.9. The van der Waals surface area contributed by atoms with Gasteiger partial charge in [0.05, 0.1) is 16.3 Å². The van der Waals surface area contributed by atoms with E-state index in [1.54, 1.807) is 30.5 Å². The highest BCUT2D eigenvalue weighted by molar-refractivity contribution is 7.92. The van der Waals surface area contributed by atoms with Crippen molar-refractivity contribution in [2.45, 2.75) is 11.5 Å². The monoisotopic (exact) mass is 358 g/mol. The Bertz CT molecular complexity index is 963. The van der Waals surface area contributed by atoms with Gasteiger partial charge >= 0.3 is 0 Å². The summed E-state index contributed by atoms with van der Waals surface area (Å²) in [6.07, 6.45) is 1.67. The molecule has 0 aliphatic rings. The number of pyridine rings is 1. The lowest BCUT2D eigenvalue weighted by molar-refractivity contribution is 0.301. The normalized spacial score (nSPS) is 11.1. The molecule has 0 saturated heterocycles. The predicted molar refractivity (Wildman–Crippen MR) is 92.2 cm³/mol. The van der Waals surface area contributed by atoms with Crippen molar-refractivity contribution in [3.05, 3.63) is 84.4 Å². The van der Waals surface area contributed by atoms with Crippen molar-refractivity contribution in [1.82, 2.24) is 4.98 Å². The van der Waals surface area contributed by atoms with Crippen molar-refractivity contribution >= 4 is 15.7 Å². The molecule has 3 rings (SSSR count). The van der Waals surface area contributed by atoms with Gasteiger partial charge in [0.2, 0.25) is 0 Å². The third-order valence-electron chi connectivity index (χ3n) is 3.31. The summed E-state index contributed by atoms with van der Waals surface area (Å²) in [4.78, 5) is 4.01. The molecule has 1 heterocycles. The van der Waals surface area contributed by atoms with Gasteiger partial charge < -0.3 is 4.74 Å². The lowest BCUT2D eigenvalue weighted by Crippen LogP contribution is -2.13. The van der Waals surface area contributed by atoms with Crippen LogP contribution in [0.1, 0.15) is 5.69 Å². The minimum Gasteiger partial charge on any atom is -0.487 e. The number of hydrogen-bond donors (Lipinski definition) is 1. The maximum atomic E-state index is 13.2. The van der Waals surface area contributed by atoms with E-state index in [4.69, 9.17) is 4.74 Å². The highest BCUT2D eigenvalue weighted by atomic mass is 32.2. The highest BCUT2D eigenvalue weighted by Crippen LogP contribution is 2.22. The van der Waals surface area contributed by atoms with Gasteiger partial charge in [-0.2, -0.15) is 0 Å². The SMILES string of the molecule is O=S(=O)(Nc1cccc(OCc2ccccn2)c1)c1cccc(F)c1. The van der Waals surface area contributed by atoms with Crippen molar-refractivity contribution in [2.75, 3.05) is 4.72 Å². The Balaban J connectivity index is 1.73. The van der Waals surface area contributed by atoms with Crippen molar-refractivity contribution in [1.29, 1.82) is 0 Å². The first-order chi connectivity index (χ1) is 12.0. The molecule has 1 aromatic heterocycles. The van der Waals surface area contributed by atoms with Crippen molar-refractivity contribution in [3.8, 4) is 5.75 Å². The molecule has 128 valence electrons. The fourth-order valence-electron chi connectivity index (χ4n) is 2.14. The smallest absolute Gasteiger partial charge is 0.261 e. The molecule has 0 radical (unpaired) electrons. The number of benzene rings is 2. The van der Waals surface area contributed by atoms with Crippen LogP contribution in [0, 0.1) is 5.82 Å². The minimum atomic E-state index is -3.88. The number of hydrogen-bond acceptors (Lipinski definition) is 4. The zero-order valence-corrected chi connectivity index (χ0v) is 13.9. The largest absolute Gasteiger partial charge is 0.487 e. The number of halogens is 1. The summed E-state index contributed by atoms with van der Waals surface area (Å²) in [5, 5.41) is 0. The van der Waals surface area contributed by atoms with E-state index in [2.05, 4.69) is 9.71 Å². The minimum absolute atomic E-state index is 0.146. The third kappa shape index (κ3) is 4.54. The molecule has 0 aliphatic heterocycles. The van der Waals surface area contributed by atoms with Crippen LogP contribution in [0.4, 0.5) is 10.1 Å². The summed E-state index contributed by atoms with van der Waals surface area (Å²) >= 11 is 0. The summed E-state index contributed by atoms with van der Waals surface area (Å²) in [5.41, 5.74) is 1.08. The van der Waals surface area contributed by atoms with Gasteiger partial charge in [0.25, 0.3) is 10.0 Å². The van der Waals surface area contributed by atoms with E-state index in [0.717, 1.165) is 11.8 Å². The quantitative estimate of drug-likeness (QED) is 0.731. The molecular formula is C18H15FN2O3S. The van der Waals surface area contributed by atoms with Gasteiger partial charge in [-0.05, 0) is 42.5 Å². The standard InChI is InChI=1S/C18H15FN2O3S/c19-14-5-3-9-18(11-14)25(22,23)21-15-7-4-8-17(12-15)24-13-16-6-1-2-10-20-16/h1-12,21H,13H2. The lowest BCUT2D eigenvalue weighted by atomic mass is 10.3. The van der Waals surface area contributed by atoms with Crippen molar-refractivity contribution in [2.24, 2.45) is 0 Å². The summed E-state index contributed by atoms with van der Waals surface area (Å²) in [6, 6.07) is 16.8. The fraction of sp³-hybridized carbons (Fsp3) is 0.0556. The number of sulfonamides is 1. The molecule has 0 amide bonds. The number of aromatic nitrogens is 1. The van der Waals surface area contributed by atoms with Crippen LogP contribution in [0.15, 0.2) is 77.8 Å². The van der Waals surface area contributed by atoms with Crippen LogP contribution in [0.5, 0.6) is 5.75 Å². The number of ether oxygens (including phenoxy) is 1. The van der Waals surface area contributed by atoms with Gasteiger partial charge in [-0.3, -0.25) is 9.71 Å². The maximum Gasteiger partial charge on any atom is 0.261 e. The van der Waals surface area contributed by atoms with E-state index in [-0.39, 0.29) is 11.5 Å². The third-order valence-corrected chi connectivity index (χ3v) is 4.68. The molecule has 0 unspecified atom stereocenters. The summed E-state index contributed by atoms with van der Waals surface area (Å²) in [7, 11) is -3.88. The van der Waals surface area contributed by atoms with Crippen molar-refractivity contribution < 1.29 is 17.5 Å². The van der Waals surface area contributed by atoms with Crippen LogP contribution >= 0.6 is 0 Å². The molecule has 0 atom stereocenters. The van der Waals surface area contributed by atoms with E-state index in [1.165, 1.54) is 18.2 Å². The van der Waals surface area contributed by atoms with Gasteiger partial charge in [0, 0.05) is 12.3 Å². The average Bonchev–Trinajstić information content (AvgIpc) is 2.61. The molecule has 2 aromatic carbocycles. The van der Waals surface area contributed by atoms with E-state index in [9.17, 15) is 12.8 Å². The second-order valence-electron chi connectivity index (χ2n) is 5.20. The number of anilines is 1. The second-order valence-corrected chi connectivity index (χ2v) is 6.88. The topological polar surface area (TPSA) is 68.3 Å². The molecule has 0 saturated carbocycles. The maximum absolute atomic E-state index is 13.2. The molecular weight excluding hydrogens is 343 g/mol.